The second-order valence-corrected chi connectivity index (χ2v) is 6.86. The Morgan fingerprint density at radius 1 is 1.33 bits per heavy atom. The zero-order valence-corrected chi connectivity index (χ0v) is 13.5. The second-order valence-electron chi connectivity index (χ2n) is 6.86. The summed E-state index contributed by atoms with van der Waals surface area (Å²) < 4.78 is 20.4. The molecule has 3 aliphatic rings. The molecule has 1 saturated carbocycles. The molecule has 2 unspecified atom stereocenters. The number of benzene rings is 1. The molecule has 0 aromatic heterocycles. The molecule has 0 radical (unpaired) electrons. The standard InChI is InChI=1S/C17H21FN4O2/c1-17(15(18)14(21-22-17)10-2-3-10)16(23)20-11-4-6-12(7-5-11)24-13-8-19-9-13/h4-7,10,13,15,19,22H,2-3,8-9H2,1H3,(H,20,23). The molecule has 2 heterocycles. The maximum Gasteiger partial charge on any atom is 0.254 e. The fraction of sp³-hybridized carbons (Fsp3) is 0.529. The number of hydrazone groups is 1. The van der Waals surface area contributed by atoms with E-state index in [0.29, 0.717) is 11.4 Å². The molecule has 0 spiro atoms. The highest BCUT2D eigenvalue weighted by atomic mass is 19.1. The van der Waals surface area contributed by atoms with Crippen molar-refractivity contribution in [2.45, 2.75) is 37.6 Å². The van der Waals surface area contributed by atoms with Gasteiger partial charge in [0.25, 0.3) is 5.91 Å². The first-order chi connectivity index (χ1) is 11.6. The zero-order valence-electron chi connectivity index (χ0n) is 13.5. The topological polar surface area (TPSA) is 74.8 Å². The van der Waals surface area contributed by atoms with E-state index in [1.165, 1.54) is 0 Å². The van der Waals surface area contributed by atoms with E-state index < -0.39 is 17.6 Å². The lowest BCUT2D eigenvalue weighted by Crippen LogP contribution is -2.55. The molecule has 1 aromatic carbocycles. The monoisotopic (exact) mass is 332 g/mol. The largest absolute Gasteiger partial charge is 0.488 e. The molecule has 3 N–H and O–H groups in total. The molecule has 1 amide bonds. The van der Waals surface area contributed by atoms with Crippen LogP contribution >= 0.6 is 0 Å². The number of alkyl halides is 1. The number of hydrogen-bond acceptors (Lipinski definition) is 5. The number of rotatable bonds is 5. The van der Waals surface area contributed by atoms with Crippen LogP contribution in [0.4, 0.5) is 10.1 Å². The first-order valence-corrected chi connectivity index (χ1v) is 8.34. The van der Waals surface area contributed by atoms with Gasteiger partial charge < -0.3 is 15.4 Å². The van der Waals surface area contributed by atoms with E-state index in [4.69, 9.17) is 4.74 Å². The Kier molecular flexibility index (Phi) is 3.68. The molecule has 1 aliphatic carbocycles. The van der Waals surface area contributed by atoms with Crippen molar-refractivity contribution in [1.29, 1.82) is 0 Å². The van der Waals surface area contributed by atoms with Crippen LogP contribution in [0.3, 0.4) is 0 Å². The average molecular weight is 332 g/mol. The van der Waals surface area contributed by atoms with Crippen molar-refractivity contribution in [3.05, 3.63) is 24.3 Å². The third kappa shape index (κ3) is 2.73. The molecule has 2 atom stereocenters. The quantitative estimate of drug-likeness (QED) is 0.763. The van der Waals surface area contributed by atoms with Crippen LogP contribution in [0.15, 0.2) is 29.4 Å². The van der Waals surface area contributed by atoms with Crippen LogP contribution in [0.5, 0.6) is 5.75 Å². The van der Waals surface area contributed by atoms with Gasteiger partial charge >= 0.3 is 0 Å². The molecule has 2 aliphatic heterocycles. The van der Waals surface area contributed by atoms with E-state index in [0.717, 1.165) is 31.7 Å². The van der Waals surface area contributed by atoms with Crippen LogP contribution < -0.4 is 20.8 Å². The average Bonchev–Trinajstić information content (AvgIpc) is 3.32. The van der Waals surface area contributed by atoms with Gasteiger partial charge in [-0.15, -0.1) is 0 Å². The van der Waals surface area contributed by atoms with Crippen molar-refractivity contribution >= 4 is 17.3 Å². The van der Waals surface area contributed by atoms with Crippen LogP contribution in [0.1, 0.15) is 19.8 Å². The Hall–Kier alpha value is -2.15. The lowest BCUT2D eigenvalue weighted by Gasteiger charge is -2.28. The Labute approximate surface area is 139 Å². The molecule has 0 bridgehead atoms. The zero-order chi connectivity index (χ0) is 16.7. The predicted octanol–water partition coefficient (Wildman–Crippen LogP) is 1.44. The summed E-state index contributed by atoms with van der Waals surface area (Å²) >= 11 is 0. The summed E-state index contributed by atoms with van der Waals surface area (Å²) in [5.74, 6) is 0.526. The lowest BCUT2D eigenvalue weighted by molar-refractivity contribution is -0.122. The minimum Gasteiger partial charge on any atom is -0.488 e. The van der Waals surface area contributed by atoms with Gasteiger partial charge in [-0.2, -0.15) is 5.10 Å². The summed E-state index contributed by atoms with van der Waals surface area (Å²) in [5, 5.41) is 9.96. The van der Waals surface area contributed by atoms with E-state index in [1.807, 2.05) is 0 Å². The number of amides is 1. The molecule has 24 heavy (non-hydrogen) atoms. The molecule has 4 rings (SSSR count). The van der Waals surface area contributed by atoms with Gasteiger partial charge in [0, 0.05) is 24.7 Å². The molecular weight excluding hydrogens is 311 g/mol. The fourth-order valence-electron chi connectivity index (χ4n) is 2.85. The molecular formula is C17H21FN4O2. The molecule has 7 heteroatoms. The van der Waals surface area contributed by atoms with Crippen LogP contribution in [-0.2, 0) is 4.79 Å². The lowest BCUT2D eigenvalue weighted by atomic mass is 9.92. The number of hydrogen-bond donors (Lipinski definition) is 3. The number of nitrogens with zero attached hydrogens (tertiary/aromatic N) is 1. The minimum atomic E-state index is -1.39. The van der Waals surface area contributed by atoms with Crippen molar-refractivity contribution in [2.75, 3.05) is 18.4 Å². The van der Waals surface area contributed by atoms with E-state index in [1.54, 1.807) is 31.2 Å². The van der Waals surface area contributed by atoms with Crippen molar-refractivity contribution in [2.24, 2.45) is 11.0 Å². The highest BCUT2D eigenvalue weighted by Crippen LogP contribution is 2.37. The number of halogens is 1. The Bertz CT molecular complexity index is 670. The third-order valence-electron chi connectivity index (χ3n) is 4.81. The van der Waals surface area contributed by atoms with Crippen LogP contribution in [-0.4, -0.2) is 42.5 Å². The summed E-state index contributed by atoms with van der Waals surface area (Å²) in [6, 6.07) is 7.12. The number of nitrogens with one attached hydrogen (secondary N) is 3. The van der Waals surface area contributed by atoms with Crippen molar-refractivity contribution in [1.82, 2.24) is 10.7 Å². The molecule has 1 aromatic rings. The Balaban J connectivity index is 1.38. The van der Waals surface area contributed by atoms with Gasteiger partial charge in [0.1, 0.15) is 11.9 Å². The summed E-state index contributed by atoms with van der Waals surface area (Å²) in [6.07, 6.45) is 0.726. The third-order valence-corrected chi connectivity index (χ3v) is 4.81. The minimum absolute atomic E-state index is 0.194. The number of carbonyl (C=O) groups excluding carboxylic acids is 1. The van der Waals surface area contributed by atoms with Gasteiger partial charge in [-0.25, -0.2) is 4.39 Å². The summed E-state index contributed by atoms with van der Waals surface area (Å²) in [5.41, 5.74) is 2.42. The molecule has 6 nitrogen and oxygen atoms in total. The molecule has 1 saturated heterocycles. The van der Waals surface area contributed by atoms with Gasteiger partial charge in [0.2, 0.25) is 0 Å². The van der Waals surface area contributed by atoms with E-state index in [-0.39, 0.29) is 12.0 Å². The maximum absolute atomic E-state index is 14.7. The first kappa shape index (κ1) is 15.4. The van der Waals surface area contributed by atoms with E-state index in [2.05, 4.69) is 21.2 Å². The maximum atomic E-state index is 14.7. The Morgan fingerprint density at radius 3 is 2.62 bits per heavy atom. The van der Waals surface area contributed by atoms with Crippen molar-refractivity contribution in [3.8, 4) is 5.75 Å². The summed E-state index contributed by atoms with van der Waals surface area (Å²) in [6.45, 7) is 3.25. The van der Waals surface area contributed by atoms with Gasteiger partial charge in [-0.3, -0.25) is 10.2 Å². The van der Waals surface area contributed by atoms with E-state index in [9.17, 15) is 9.18 Å². The number of ether oxygens (including phenoxy) is 1. The van der Waals surface area contributed by atoms with Gasteiger partial charge in [-0.05, 0) is 44.0 Å². The van der Waals surface area contributed by atoms with Crippen LogP contribution in [0.25, 0.3) is 0 Å². The van der Waals surface area contributed by atoms with E-state index >= 15 is 0 Å². The van der Waals surface area contributed by atoms with Gasteiger partial charge in [0.15, 0.2) is 11.7 Å². The Morgan fingerprint density at radius 2 is 2.04 bits per heavy atom. The van der Waals surface area contributed by atoms with Gasteiger partial charge in [-0.1, -0.05) is 0 Å². The first-order valence-electron chi connectivity index (χ1n) is 8.34. The second kappa shape index (κ2) is 5.73. The number of carbonyl (C=O) groups is 1. The van der Waals surface area contributed by atoms with Gasteiger partial charge in [0.05, 0.1) is 5.71 Å². The van der Waals surface area contributed by atoms with Crippen molar-refractivity contribution < 1.29 is 13.9 Å². The highest BCUT2D eigenvalue weighted by Gasteiger charge is 2.52. The molecule has 128 valence electrons. The fourth-order valence-corrected chi connectivity index (χ4v) is 2.85. The van der Waals surface area contributed by atoms with Crippen molar-refractivity contribution in [3.63, 3.8) is 0 Å². The summed E-state index contributed by atoms with van der Waals surface area (Å²) in [4.78, 5) is 12.5. The smallest absolute Gasteiger partial charge is 0.254 e. The van der Waals surface area contributed by atoms with Crippen LogP contribution in [0.2, 0.25) is 0 Å². The summed E-state index contributed by atoms with van der Waals surface area (Å²) in [7, 11) is 0. The predicted molar refractivity (Wildman–Crippen MR) is 89.0 cm³/mol. The normalized spacial score (nSPS) is 29.4. The molecule has 2 fully saturated rings. The number of anilines is 1. The highest BCUT2D eigenvalue weighted by molar-refractivity contribution is 6.06. The SMILES string of the molecule is CC1(C(=O)Nc2ccc(OC3CNC3)cc2)NN=C(C2CC2)C1F. The van der Waals surface area contributed by atoms with Crippen LogP contribution in [0, 0.1) is 5.92 Å².